The van der Waals surface area contributed by atoms with Crippen LogP contribution in [0.2, 0.25) is 0 Å². The lowest BCUT2D eigenvalue weighted by molar-refractivity contribution is -0.142. The molecule has 20 heavy (non-hydrogen) atoms. The van der Waals surface area contributed by atoms with Crippen LogP contribution in [0.5, 0.6) is 0 Å². The summed E-state index contributed by atoms with van der Waals surface area (Å²) in [7, 11) is 0. The largest absolute Gasteiger partial charge is 0.481 e. The zero-order chi connectivity index (χ0) is 15.4. The number of carboxylic acid groups (broad SMARTS) is 1. The first kappa shape index (κ1) is 15.9. The number of primary amides is 1. The highest BCUT2D eigenvalue weighted by atomic mass is 16.4. The zero-order valence-electron chi connectivity index (χ0n) is 12.2. The standard InChI is InChI=1S/C14H21N3O3/c1-7(2)10(14(19)20)6-16-11-5-8(3)17-9(4)12(11)13(15)18/h5,7,10H,6H2,1-4H3,(H2,15,18)(H,16,17)(H,19,20). The smallest absolute Gasteiger partial charge is 0.308 e. The number of hydrogen-bond donors (Lipinski definition) is 3. The molecule has 0 fully saturated rings. The summed E-state index contributed by atoms with van der Waals surface area (Å²) in [5, 5.41) is 12.2. The Morgan fingerprint density at radius 3 is 2.45 bits per heavy atom. The lowest BCUT2D eigenvalue weighted by Gasteiger charge is -2.19. The molecule has 0 aliphatic rings. The van der Waals surface area contributed by atoms with E-state index in [-0.39, 0.29) is 12.5 Å². The third kappa shape index (κ3) is 3.69. The maximum atomic E-state index is 11.5. The number of aromatic nitrogens is 1. The van der Waals surface area contributed by atoms with E-state index in [1.807, 2.05) is 13.8 Å². The van der Waals surface area contributed by atoms with Crippen molar-refractivity contribution in [1.82, 2.24) is 4.98 Å². The molecule has 4 N–H and O–H groups in total. The van der Waals surface area contributed by atoms with Gasteiger partial charge in [0.15, 0.2) is 0 Å². The molecule has 6 heteroatoms. The quantitative estimate of drug-likeness (QED) is 0.733. The Bertz CT molecular complexity index is 527. The van der Waals surface area contributed by atoms with E-state index in [0.717, 1.165) is 5.69 Å². The van der Waals surface area contributed by atoms with Crippen molar-refractivity contribution in [1.29, 1.82) is 0 Å². The molecular formula is C14H21N3O3. The first-order valence-corrected chi connectivity index (χ1v) is 6.48. The van der Waals surface area contributed by atoms with Crippen molar-refractivity contribution in [3.8, 4) is 0 Å². The van der Waals surface area contributed by atoms with Gasteiger partial charge in [0.1, 0.15) is 0 Å². The summed E-state index contributed by atoms with van der Waals surface area (Å²) < 4.78 is 0. The summed E-state index contributed by atoms with van der Waals surface area (Å²) in [4.78, 5) is 26.9. The first-order valence-electron chi connectivity index (χ1n) is 6.48. The van der Waals surface area contributed by atoms with Crippen LogP contribution in [-0.2, 0) is 4.79 Å². The molecule has 110 valence electrons. The number of nitrogens with zero attached hydrogens (tertiary/aromatic N) is 1. The number of carbonyl (C=O) groups is 2. The number of rotatable bonds is 6. The second-order valence-corrected chi connectivity index (χ2v) is 5.21. The van der Waals surface area contributed by atoms with Crippen LogP contribution in [0.15, 0.2) is 6.07 Å². The summed E-state index contributed by atoms with van der Waals surface area (Å²) in [6, 6.07) is 1.70. The summed E-state index contributed by atoms with van der Waals surface area (Å²) >= 11 is 0. The van der Waals surface area contributed by atoms with Gasteiger partial charge in [-0.15, -0.1) is 0 Å². The molecule has 0 aliphatic heterocycles. The molecule has 1 atom stereocenters. The zero-order valence-corrected chi connectivity index (χ0v) is 12.2. The van der Waals surface area contributed by atoms with E-state index in [0.29, 0.717) is 16.9 Å². The minimum Gasteiger partial charge on any atom is -0.481 e. The van der Waals surface area contributed by atoms with Crippen molar-refractivity contribution < 1.29 is 14.7 Å². The number of hydrogen-bond acceptors (Lipinski definition) is 4. The van der Waals surface area contributed by atoms with Crippen LogP contribution in [-0.4, -0.2) is 28.5 Å². The second-order valence-electron chi connectivity index (χ2n) is 5.21. The molecule has 0 radical (unpaired) electrons. The summed E-state index contributed by atoms with van der Waals surface area (Å²) in [5.41, 5.74) is 7.48. The van der Waals surface area contributed by atoms with Crippen molar-refractivity contribution in [3.63, 3.8) is 0 Å². The van der Waals surface area contributed by atoms with Crippen molar-refractivity contribution in [2.24, 2.45) is 17.6 Å². The van der Waals surface area contributed by atoms with Gasteiger partial charge in [0, 0.05) is 12.2 Å². The number of nitrogens with one attached hydrogen (secondary N) is 1. The first-order chi connectivity index (χ1) is 9.23. The Morgan fingerprint density at radius 2 is 2.00 bits per heavy atom. The highest BCUT2D eigenvalue weighted by Crippen LogP contribution is 2.21. The van der Waals surface area contributed by atoms with E-state index in [2.05, 4.69) is 10.3 Å². The summed E-state index contributed by atoms with van der Waals surface area (Å²) in [6.07, 6.45) is 0. The van der Waals surface area contributed by atoms with Crippen molar-refractivity contribution >= 4 is 17.6 Å². The van der Waals surface area contributed by atoms with Crippen LogP contribution in [0.3, 0.4) is 0 Å². The van der Waals surface area contributed by atoms with E-state index in [1.54, 1.807) is 19.9 Å². The average molecular weight is 279 g/mol. The fourth-order valence-corrected chi connectivity index (χ4v) is 2.11. The highest BCUT2D eigenvalue weighted by Gasteiger charge is 2.22. The number of anilines is 1. The van der Waals surface area contributed by atoms with Crippen LogP contribution in [0.25, 0.3) is 0 Å². The highest BCUT2D eigenvalue weighted by molar-refractivity contribution is 5.99. The van der Waals surface area contributed by atoms with Crippen molar-refractivity contribution in [2.45, 2.75) is 27.7 Å². The number of aryl methyl sites for hydroxylation is 2. The monoisotopic (exact) mass is 279 g/mol. The maximum absolute atomic E-state index is 11.5. The third-order valence-corrected chi connectivity index (χ3v) is 3.21. The molecule has 1 heterocycles. The van der Waals surface area contributed by atoms with Gasteiger partial charge in [0.2, 0.25) is 0 Å². The van der Waals surface area contributed by atoms with Crippen LogP contribution in [0.4, 0.5) is 5.69 Å². The molecule has 0 spiro atoms. The molecule has 1 amide bonds. The molecule has 0 aromatic carbocycles. The van der Waals surface area contributed by atoms with Gasteiger partial charge in [-0.2, -0.15) is 0 Å². The summed E-state index contributed by atoms with van der Waals surface area (Å²) in [6.45, 7) is 7.43. The van der Waals surface area contributed by atoms with Gasteiger partial charge in [-0.05, 0) is 25.8 Å². The topological polar surface area (TPSA) is 105 Å². The number of pyridine rings is 1. The number of nitrogens with two attached hydrogens (primary N) is 1. The minimum absolute atomic E-state index is 0.0129. The van der Waals surface area contributed by atoms with Gasteiger partial charge < -0.3 is 16.2 Å². The van der Waals surface area contributed by atoms with E-state index in [1.165, 1.54) is 0 Å². The molecule has 0 saturated carbocycles. The second kappa shape index (κ2) is 6.36. The SMILES string of the molecule is Cc1cc(NCC(C(=O)O)C(C)C)c(C(N)=O)c(C)n1. The van der Waals surface area contributed by atoms with E-state index >= 15 is 0 Å². The molecular weight excluding hydrogens is 258 g/mol. The van der Waals surface area contributed by atoms with Crippen molar-refractivity contribution in [2.75, 3.05) is 11.9 Å². The molecule has 1 aromatic rings. The Kier molecular flexibility index (Phi) is 5.07. The molecule has 1 unspecified atom stereocenters. The van der Waals surface area contributed by atoms with Crippen LogP contribution < -0.4 is 11.1 Å². The van der Waals surface area contributed by atoms with E-state index in [9.17, 15) is 9.59 Å². The van der Waals surface area contributed by atoms with Gasteiger partial charge in [0.05, 0.1) is 22.9 Å². The number of amides is 1. The van der Waals surface area contributed by atoms with Crippen molar-refractivity contribution in [3.05, 3.63) is 23.0 Å². The molecule has 1 rings (SSSR count). The normalized spacial score (nSPS) is 12.2. The molecule has 0 saturated heterocycles. The van der Waals surface area contributed by atoms with E-state index < -0.39 is 17.8 Å². The number of aliphatic carboxylic acids is 1. The fourth-order valence-electron chi connectivity index (χ4n) is 2.11. The van der Waals surface area contributed by atoms with Crippen LogP contribution in [0.1, 0.15) is 35.6 Å². The molecule has 6 nitrogen and oxygen atoms in total. The van der Waals surface area contributed by atoms with E-state index in [4.69, 9.17) is 10.8 Å². The van der Waals surface area contributed by atoms with Crippen LogP contribution in [0, 0.1) is 25.7 Å². The number of carboxylic acids is 1. The third-order valence-electron chi connectivity index (χ3n) is 3.21. The number of carbonyl (C=O) groups excluding carboxylic acids is 1. The average Bonchev–Trinajstić information content (AvgIpc) is 2.26. The Labute approximate surface area is 118 Å². The van der Waals surface area contributed by atoms with Crippen LogP contribution >= 0.6 is 0 Å². The van der Waals surface area contributed by atoms with Gasteiger partial charge in [-0.1, -0.05) is 13.8 Å². The molecule has 0 aliphatic carbocycles. The Hall–Kier alpha value is -2.11. The fraction of sp³-hybridized carbons (Fsp3) is 0.500. The predicted octanol–water partition coefficient (Wildman–Crippen LogP) is 1.57. The van der Waals surface area contributed by atoms with Gasteiger partial charge in [-0.3, -0.25) is 14.6 Å². The maximum Gasteiger partial charge on any atom is 0.308 e. The Balaban J connectivity index is 3.03. The summed E-state index contributed by atoms with van der Waals surface area (Å²) in [5.74, 6) is -1.99. The van der Waals surface area contributed by atoms with Gasteiger partial charge in [0.25, 0.3) is 5.91 Å². The minimum atomic E-state index is -0.865. The van der Waals surface area contributed by atoms with Gasteiger partial charge in [-0.25, -0.2) is 0 Å². The predicted molar refractivity (Wildman–Crippen MR) is 76.7 cm³/mol. The molecule has 0 bridgehead atoms. The lowest BCUT2D eigenvalue weighted by Crippen LogP contribution is -2.28. The van der Waals surface area contributed by atoms with Gasteiger partial charge >= 0.3 is 5.97 Å². The lowest BCUT2D eigenvalue weighted by atomic mass is 9.96. The molecule has 1 aromatic heterocycles. The Morgan fingerprint density at radius 1 is 1.40 bits per heavy atom.